The van der Waals surface area contributed by atoms with Gasteiger partial charge in [0.1, 0.15) is 12.7 Å². The number of phosphoric acid groups is 2. The van der Waals surface area contributed by atoms with Gasteiger partial charge in [0.15, 0.2) is 6.10 Å². The molecule has 4 N–H and O–H groups in total. The second kappa shape index (κ2) is 38.5. The van der Waals surface area contributed by atoms with Gasteiger partial charge >= 0.3 is 27.6 Å². The molecular weight excluding hydrogens is 774 g/mol. The van der Waals surface area contributed by atoms with Crippen LogP contribution in [-0.4, -0.2) is 70.4 Å². The Hall–Kier alpha value is -1.66. The van der Waals surface area contributed by atoms with Crippen LogP contribution in [0.15, 0.2) is 36.5 Å². The number of phosphoric ester groups is 2. The van der Waals surface area contributed by atoms with Crippen molar-refractivity contribution in [3.8, 4) is 0 Å². The number of aliphatic hydroxyl groups is 1. The first-order valence-corrected chi connectivity index (χ1v) is 24.7. The molecule has 0 aromatic rings. The van der Waals surface area contributed by atoms with Crippen molar-refractivity contribution in [1.29, 1.82) is 0 Å². The normalized spacial score (nSPS) is 14.4. The predicted molar refractivity (Wildman–Crippen MR) is 225 cm³/mol. The summed E-state index contributed by atoms with van der Waals surface area (Å²) in [6.45, 7) is 1.70. The lowest BCUT2D eigenvalue weighted by Crippen LogP contribution is -2.30. The predicted octanol–water partition coefficient (Wildman–Crippen LogP) is 10.9. The summed E-state index contributed by atoms with van der Waals surface area (Å²) in [6, 6.07) is 0. The molecule has 57 heavy (non-hydrogen) atoms. The first-order valence-electron chi connectivity index (χ1n) is 21.7. The van der Waals surface area contributed by atoms with Gasteiger partial charge in [0.05, 0.1) is 19.8 Å². The Morgan fingerprint density at radius 3 is 1.44 bits per heavy atom. The highest BCUT2D eigenvalue weighted by Crippen LogP contribution is 2.43. The molecule has 13 nitrogen and oxygen atoms in total. The van der Waals surface area contributed by atoms with Crippen molar-refractivity contribution >= 4 is 27.6 Å². The summed E-state index contributed by atoms with van der Waals surface area (Å²) in [5, 5.41) is 9.74. The highest BCUT2D eigenvalue weighted by molar-refractivity contribution is 7.47. The van der Waals surface area contributed by atoms with Gasteiger partial charge in [0, 0.05) is 12.8 Å². The van der Waals surface area contributed by atoms with Crippen molar-refractivity contribution in [2.24, 2.45) is 0 Å². The molecule has 0 spiro atoms. The summed E-state index contributed by atoms with van der Waals surface area (Å²) in [5.74, 6) is -1.07. The minimum absolute atomic E-state index is 0.0843. The van der Waals surface area contributed by atoms with Crippen LogP contribution in [0.5, 0.6) is 0 Å². The maximum atomic E-state index is 12.6. The molecule has 0 saturated heterocycles. The summed E-state index contributed by atoms with van der Waals surface area (Å²) in [7, 11) is -9.68. The van der Waals surface area contributed by atoms with Crippen molar-refractivity contribution in [1.82, 2.24) is 0 Å². The fourth-order valence-corrected chi connectivity index (χ4v) is 6.86. The first-order chi connectivity index (χ1) is 27.4. The third-order valence-corrected chi connectivity index (χ3v) is 10.5. The Balaban J connectivity index is 4.57. The molecule has 0 fully saturated rings. The van der Waals surface area contributed by atoms with Gasteiger partial charge in [-0.05, 0) is 51.4 Å². The molecule has 0 heterocycles. The average molecular weight is 853 g/mol. The van der Waals surface area contributed by atoms with E-state index in [-0.39, 0.29) is 12.8 Å². The number of esters is 2. The van der Waals surface area contributed by atoms with Crippen LogP contribution >= 0.6 is 15.6 Å². The van der Waals surface area contributed by atoms with Gasteiger partial charge in [0.2, 0.25) is 0 Å². The van der Waals surface area contributed by atoms with Crippen molar-refractivity contribution in [3.63, 3.8) is 0 Å². The number of allylic oxidation sites excluding steroid dienone is 6. The van der Waals surface area contributed by atoms with Crippen molar-refractivity contribution in [2.75, 3.05) is 26.4 Å². The lowest BCUT2D eigenvalue weighted by atomic mass is 10.0. The van der Waals surface area contributed by atoms with Crippen molar-refractivity contribution in [2.45, 2.75) is 193 Å². The number of hydrogen-bond donors (Lipinski definition) is 4. The minimum atomic E-state index is -4.86. The van der Waals surface area contributed by atoms with E-state index in [0.29, 0.717) is 12.8 Å². The zero-order valence-corrected chi connectivity index (χ0v) is 37.0. The highest BCUT2D eigenvalue weighted by atomic mass is 31.2. The molecule has 0 radical (unpaired) electrons. The molecular formula is C42H78O13P2. The van der Waals surface area contributed by atoms with Crippen LogP contribution in [0, 0.1) is 0 Å². The van der Waals surface area contributed by atoms with Crippen LogP contribution in [0.1, 0.15) is 181 Å². The molecule has 0 aromatic carbocycles. The van der Waals surface area contributed by atoms with E-state index >= 15 is 0 Å². The monoisotopic (exact) mass is 852 g/mol. The molecule has 0 aliphatic heterocycles. The van der Waals surface area contributed by atoms with E-state index in [4.69, 9.17) is 23.8 Å². The summed E-state index contributed by atoms with van der Waals surface area (Å²) in [4.78, 5) is 52.6. The molecule has 0 rings (SSSR count). The topological polar surface area (TPSA) is 195 Å². The van der Waals surface area contributed by atoms with Gasteiger partial charge in [-0.3, -0.25) is 23.2 Å². The molecule has 0 aliphatic carbocycles. The molecule has 1 unspecified atom stereocenters. The highest BCUT2D eigenvalue weighted by Gasteiger charge is 2.28. The van der Waals surface area contributed by atoms with Crippen LogP contribution in [0.4, 0.5) is 0 Å². The van der Waals surface area contributed by atoms with Gasteiger partial charge in [-0.1, -0.05) is 153 Å². The summed E-state index contributed by atoms with van der Waals surface area (Å²) >= 11 is 0. The Morgan fingerprint density at radius 1 is 0.509 bits per heavy atom. The standard InChI is InChI=1S/C42H78O13P2/c1-3-5-7-9-11-13-15-17-19-21-23-25-27-29-31-33-41(44)51-37-40(38-54-57(49,50)53-36-39(43)35-52-56(46,47)48)55-42(45)34-32-30-28-26-24-22-20-18-16-14-12-10-8-6-4-2/h12,14,18,20,24,26,39-40,43H,3-11,13,15-17,19,21-23,25,27-38H2,1-2H3,(H,49,50)(H2,46,47,48)/b14-12-,20-18-,26-24-/t39-,40+/m0/s1. The van der Waals surface area contributed by atoms with Crippen LogP contribution in [-0.2, 0) is 41.8 Å². The van der Waals surface area contributed by atoms with Crippen molar-refractivity contribution in [3.05, 3.63) is 36.5 Å². The Morgan fingerprint density at radius 2 is 0.912 bits per heavy atom. The second-order valence-electron chi connectivity index (χ2n) is 14.6. The van der Waals surface area contributed by atoms with Gasteiger partial charge in [-0.2, -0.15) is 0 Å². The van der Waals surface area contributed by atoms with Gasteiger partial charge in [-0.15, -0.1) is 0 Å². The second-order valence-corrected chi connectivity index (χ2v) is 17.3. The lowest BCUT2D eigenvalue weighted by molar-refractivity contribution is -0.161. The van der Waals surface area contributed by atoms with E-state index in [9.17, 15) is 28.7 Å². The third-order valence-electron chi connectivity index (χ3n) is 9.02. The van der Waals surface area contributed by atoms with Crippen molar-refractivity contribution < 1.29 is 61.6 Å². The van der Waals surface area contributed by atoms with E-state index in [1.165, 1.54) is 89.9 Å². The Labute approximate surface area is 344 Å². The summed E-state index contributed by atoms with van der Waals surface area (Å²) < 4.78 is 47.7. The van der Waals surface area contributed by atoms with E-state index in [1.54, 1.807) is 0 Å². The fourth-order valence-electron chi connectivity index (χ4n) is 5.71. The molecule has 0 amide bonds. The number of rotatable bonds is 41. The number of hydrogen-bond acceptors (Lipinski definition) is 10. The molecule has 0 bridgehead atoms. The van der Waals surface area contributed by atoms with Gasteiger partial charge < -0.3 is 29.3 Å². The zero-order chi connectivity index (χ0) is 42.3. The number of ether oxygens (including phenoxy) is 2. The maximum absolute atomic E-state index is 12.6. The van der Waals surface area contributed by atoms with Crippen LogP contribution < -0.4 is 0 Å². The molecule has 0 saturated carbocycles. The molecule has 15 heteroatoms. The van der Waals surface area contributed by atoms with Crippen LogP contribution in [0.25, 0.3) is 0 Å². The Kier molecular flexibility index (Phi) is 37.4. The third kappa shape index (κ3) is 42.3. The van der Waals surface area contributed by atoms with Gasteiger partial charge in [0.25, 0.3) is 0 Å². The SMILES string of the molecule is CCCCC/C=C\C/C=C\C/C=C\CCCCC(=O)O[C@H](COC(=O)CCCCCCCCCCCCCCCCC)COP(=O)(O)OC[C@@H](O)COP(=O)(O)O. The number of unbranched alkanes of at least 4 members (excludes halogenated alkanes) is 19. The summed E-state index contributed by atoms with van der Waals surface area (Å²) in [5.41, 5.74) is 0. The summed E-state index contributed by atoms with van der Waals surface area (Å²) in [6.07, 6.45) is 37.1. The van der Waals surface area contributed by atoms with E-state index in [0.717, 1.165) is 51.4 Å². The molecule has 0 aliphatic rings. The van der Waals surface area contributed by atoms with E-state index < -0.39 is 66.2 Å². The number of carbonyl (C=O) groups is 2. The largest absolute Gasteiger partial charge is 0.472 e. The van der Waals surface area contributed by atoms with Crippen LogP contribution in [0.2, 0.25) is 0 Å². The first kappa shape index (κ1) is 55.3. The molecule has 3 atom stereocenters. The molecule has 334 valence electrons. The number of aliphatic hydroxyl groups excluding tert-OH is 1. The fraction of sp³-hybridized carbons (Fsp3) is 0.810. The maximum Gasteiger partial charge on any atom is 0.472 e. The average Bonchev–Trinajstić information content (AvgIpc) is 3.17. The van der Waals surface area contributed by atoms with E-state index in [2.05, 4.69) is 59.4 Å². The van der Waals surface area contributed by atoms with Crippen LogP contribution in [0.3, 0.4) is 0 Å². The van der Waals surface area contributed by atoms with Gasteiger partial charge in [-0.25, -0.2) is 9.13 Å². The minimum Gasteiger partial charge on any atom is -0.462 e. The zero-order valence-electron chi connectivity index (χ0n) is 35.2. The quantitative estimate of drug-likeness (QED) is 0.0196. The Bertz CT molecular complexity index is 1150. The lowest BCUT2D eigenvalue weighted by Gasteiger charge is -2.20. The van der Waals surface area contributed by atoms with E-state index in [1.807, 2.05) is 0 Å². The smallest absolute Gasteiger partial charge is 0.462 e. The number of carbonyl (C=O) groups excluding carboxylic acids is 2. The molecule has 0 aromatic heterocycles.